The highest BCUT2D eigenvalue weighted by molar-refractivity contribution is 7.98. The Kier molecular flexibility index (Phi) is 4.37. The lowest BCUT2D eigenvalue weighted by molar-refractivity contribution is 0.426. The Balaban J connectivity index is 1.62. The molecule has 0 aliphatic carbocycles. The van der Waals surface area contributed by atoms with Crippen LogP contribution in [0.5, 0.6) is 0 Å². The van der Waals surface area contributed by atoms with Gasteiger partial charge in [-0.25, -0.2) is 4.98 Å². The van der Waals surface area contributed by atoms with Crippen molar-refractivity contribution in [2.45, 2.75) is 24.4 Å². The van der Waals surface area contributed by atoms with Crippen molar-refractivity contribution in [3.63, 3.8) is 0 Å². The molecule has 0 saturated carbocycles. The fourth-order valence-corrected chi connectivity index (χ4v) is 4.03. The zero-order chi connectivity index (χ0) is 17.2. The maximum absolute atomic E-state index is 12.6. The maximum Gasteiger partial charge on any atom is 0.268 e. The molecule has 0 spiro atoms. The first-order valence-corrected chi connectivity index (χ1v) is 9.61. The van der Waals surface area contributed by atoms with E-state index in [0.717, 1.165) is 4.88 Å². The summed E-state index contributed by atoms with van der Waals surface area (Å²) in [5, 5.41) is 7.27. The second kappa shape index (κ2) is 6.81. The van der Waals surface area contributed by atoms with E-state index < -0.39 is 0 Å². The first-order chi connectivity index (χ1) is 12.3. The van der Waals surface area contributed by atoms with E-state index >= 15 is 0 Å². The van der Waals surface area contributed by atoms with E-state index in [1.165, 1.54) is 11.8 Å². The molecule has 0 aliphatic heterocycles. The normalized spacial score (nSPS) is 11.2. The number of fused-ring (bicyclic) bond motifs is 1. The predicted octanol–water partition coefficient (Wildman–Crippen LogP) is 3.82. The number of hydrogen-bond donors (Lipinski definition) is 0. The topological polar surface area (TPSA) is 73.8 Å². The number of hydrogen-bond acceptors (Lipinski definition) is 7. The Bertz CT molecular complexity index is 1070. The van der Waals surface area contributed by atoms with Crippen LogP contribution in [0.1, 0.15) is 12.7 Å². The van der Waals surface area contributed by atoms with Crippen molar-refractivity contribution < 1.29 is 4.52 Å². The van der Waals surface area contributed by atoms with E-state index in [1.54, 1.807) is 22.0 Å². The van der Waals surface area contributed by atoms with Crippen molar-refractivity contribution in [2.24, 2.45) is 0 Å². The van der Waals surface area contributed by atoms with E-state index in [1.807, 2.05) is 42.6 Å². The van der Waals surface area contributed by atoms with Crippen LogP contribution in [0.15, 0.2) is 56.3 Å². The molecule has 25 heavy (non-hydrogen) atoms. The summed E-state index contributed by atoms with van der Waals surface area (Å²) in [7, 11) is 0. The van der Waals surface area contributed by atoms with Crippen molar-refractivity contribution >= 4 is 34.0 Å². The van der Waals surface area contributed by atoms with Gasteiger partial charge in [-0.3, -0.25) is 9.36 Å². The third-order valence-corrected chi connectivity index (χ3v) is 5.50. The molecule has 0 fully saturated rings. The number of para-hydroxylation sites is 1. The Hall–Kier alpha value is -2.45. The van der Waals surface area contributed by atoms with Gasteiger partial charge in [0, 0.05) is 6.54 Å². The van der Waals surface area contributed by atoms with Gasteiger partial charge in [0.05, 0.1) is 21.5 Å². The number of benzene rings is 1. The molecule has 0 atom stereocenters. The molecular formula is C17H14N4O2S2. The van der Waals surface area contributed by atoms with Gasteiger partial charge in [0.2, 0.25) is 0 Å². The van der Waals surface area contributed by atoms with Crippen LogP contribution in [0.3, 0.4) is 0 Å². The SMILES string of the molecule is CCn1c(SCc2noc(-c3cccs3)n2)nc2ccccc2c1=O. The second-order valence-electron chi connectivity index (χ2n) is 5.24. The average molecular weight is 370 g/mol. The van der Waals surface area contributed by atoms with E-state index in [0.29, 0.717) is 40.1 Å². The number of aromatic nitrogens is 4. The van der Waals surface area contributed by atoms with Crippen LogP contribution < -0.4 is 5.56 Å². The van der Waals surface area contributed by atoms with Crippen molar-refractivity contribution in [3.8, 4) is 10.8 Å². The van der Waals surface area contributed by atoms with Gasteiger partial charge in [-0.05, 0) is 30.5 Å². The summed E-state index contributed by atoms with van der Waals surface area (Å²) >= 11 is 2.99. The molecule has 0 N–H and O–H groups in total. The predicted molar refractivity (Wildman–Crippen MR) is 98.8 cm³/mol. The van der Waals surface area contributed by atoms with Crippen LogP contribution in [0.25, 0.3) is 21.7 Å². The molecule has 0 unspecified atom stereocenters. The molecule has 0 aliphatic rings. The molecule has 0 amide bonds. The summed E-state index contributed by atoms with van der Waals surface area (Å²) in [4.78, 5) is 22.6. The molecule has 1 aromatic carbocycles. The molecule has 0 bridgehead atoms. The Morgan fingerprint density at radius 3 is 2.88 bits per heavy atom. The minimum absolute atomic E-state index is 0.0250. The Morgan fingerprint density at radius 2 is 2.08 bits per heavy atom. The third kappa shape index (κ3) is 3.10. The van der Waals surface area contributed by atoms with Gasteiger partial charge in [0.25, 0.3) is 11.4 Å². The van der Waals surface area contributed by atoms with Crippen molar-refractivity contribution in [3.05, 3.63) is 58.0 Å². The van der Waals surface area contributed by atoms with Gasteiger partial charge in [-0.1, -0.05) is 35.1 Å². The zero-order valence-corrected chi connectivity index (χ0v) is 15.0. The fraction of sp³-hybridized carbons (Fsp3) is 0.176. The van der Waals surface area contributed by atoms with Gasteiger partial charge in [0.1, 0.15) is 0 Å². The van der Waals surface area contributed by atoms with Crippen molar-refractivity contribution in [1.82, 2.24) is 19.7 Å². The smallest absolute Gasteiger partial charge is 0.268 e. The molecule has 3 heterocycles. The zero-order valence-electron chi connectivity index (χ0n) is 13.4. The standard InChI is InChI=1S/C17H14N4O2S2/c1-2-21-16(22)11-6-3-4-7-12(11)18-17(21)25-10-14-19-15(23-20-14)13-8-5-9-24-13/h3-9H,2,10H2,1H3. The first-order valence-electron chi connectivity index (χ1n) is 7.75. The molecule has 4 aromatic rings. The lowest BCUT2D eigenvalue weighted by Crippen LogP contribution is -2.22. The van der Waals surface area contributed by atoms with Gasteiger partial charge in [-0.15, -0.1) is 11.3 Å². The molecule has 4 rings (SSSR count). The summed E-state index contributed by atoms with van der Waals surface area (Å²) in [5.74, 6) is 1.59. The number of nitrogens with zero attached hydrogens (tertiary/aromatic N) is 4. The number of thiophene rings is 1. The summed E-state index contributed by atoms with van der Waals surface area (Å²) in [6.45, 7) is 2.50. The summed E-state index contributed by atoms with van der Waals surface area (Å²) in [6.07, 6.45) is 0. The highest BCUT2D eigenvalue weighted by Crippen LogP contribution is 2.25. The highest BCUT2D eigenvalue weighted by atomic mass is 32.2. The summed E-state index contributed by atoms with van der Waals surface area (Å²) < 4.78 is 6.97. The minimum Gasteiger partial charge on any atom is -0.333 e. The maximum atomic E-state index is 12.6. The van der Waals surface area contributed by atoms with E-state index in [9.17, 15) is 4.79 Å². The van der Waals surface area contributed by atoms with E-state index in [4.69, 9.17) is 4.52 Å². The van der Waals surface area contributed by atoms with Crippen LogP contribution in [0, 0.1) is 0 Å². The lowest BCUT2D eigenvalue weighted by atomic mass is 10.2. The van der Waals surface area contributed by atoms with Crippen molar-refractivity contribution in [1.29, 1.82) is 0 Å². The molecule has 0 radical (unpaired) electrons. The Labute approximate surface area is 151 Å². The molecule has 3 aromatic heterocycles. The van der Waals surface area contributed by atoms with Crippen LogP contribution in [0.2, 0.25) is 0 Å². The number of rotatable bonds is 5. The van der Waals surface area contributed by atoms with E-state index in [-0.39, 0.29) is 5.56 Å². The van der Waals surface area contributed by atoms with Crippen LogP contribution in [-0.4, -0.2) is 19.7 Å². The Morgan fingerprint density at radius 1 is 1.20 bits per heavy atom. The fourth-order valence-electron chi connectivity index (χ4n) is 2.48. The van der Waals surface area contributed by atoms with Crippen LogP contribution >= 0.6 is 23.1 Å². The van der Waals surface area contributed by atoms with E-state index in [2.05, 4.69) is 15.1 Å². The van der Waals surface area contributed by atoms with Crippen molar-refractivity contribution in [2.75, 3.05) is 0 Å². The molecule has 8 heteroatoms. The molecule has 0 saturated heterocycles. The molecule has 126 valence electrons. The van der Waals surface area contributed by atoms with Gasteiger partial charge >= 0.3 is 0 Å². The summed E-state index contributed by atoms with van der Waals surface area (Å²) in [6, 6.07) is 11.3. The highest BCUT2D eigenvalue weighted by Gasteiger charge is 2.13. The quantitative estimate of drug-likeness (QED) is 0.393. The van der Waals surface area contributed by atoms with Gasteiger partial charge < -0.3 is 4.52 Å². The van der Waals surface area contributed by atoms with Gasteiger partial charge in [0.15, 0.2) is 11.0 Å². The monoisotopic (exact) mass is 370 g/mol. The van der Waals surface area contributed by atoms with Gasteiger partial charge in [-0.2, -0.15) is 4.98 Å². The summed E-state index contributed by atoms with van der Waals surface area (Å²) in [5.41, 5.74) is 0.676. The second-order valence-corrected chi connectivity index (χ2v) is 7.13. The largest absolute Gasteiger partial charge is 0.333 e. The van der Waals surface area contributed by atoms with Crippen LogP contribution in [0.4, 0.5) is 0 Å². The number of thioether (sulfide) groups is 1. The van der Waals surface area contributed by atoms with Crippen LogP contribution in [-0.2, 0) is 12.3 Å². The first kappa shape index (κ1) is 16.0. The average Bonchev–Trinajstić information content (AvgIpc) is 3.31. The third-order valence-electron chi connectivity index (χ3n) is 3.67. The molecular weight excluding hydrogens is 356 g/mol. The minimum atomic E-state index is -0.0250. The lowest BCUT2D eigenvalue weighted by Gasteiger charge is -2.10. The molecule has 6 nitrogen and oxygen atoms in total.